The highest BCUT2D eigenvalue weighted by Gasteiger charge is 2.31. The van der Waals surface area contributed by atoms with E-state index in [0.717, 1.165) is 16.9 Å². The maximum Gasteiger partial charge on any atom is 0.104 e. The number of aryl methyl sites for hydroxylation is 1. The molecule has 4 heteroatoms. The fraction of sp³-hybridized carbons (Fsp3) is 0.533. The molecule has 1 atom stereocenters. The molecule has 1 heterocycles. The van der Waals surface area contributed by atoms with E-state index < -0.39 is 0 Å². The van der Waals surface area contributed by atoms with Crippen LogP contribution in [0.3, 0.4) is 0 Å². The van der Waals surface area contributed by atoms with E-state index in [0.29, 0.717) is 6.04 Å². The average molecular weight is 260 g/mol. The number of benzene rings is 1. The molecule has 1 unspecified atom stereocenters. The quantitative estimate of drug-likeness (QED) is 0.887. The monoisotopic (exact) mass is 260 g/mol. The Morgan fingerprint density at radius 1 is 1.32 bits per heavy atom. The summed E-state index contributed by atoms with van der Waals surface area (Å²) >= 11 is 0. The molecule has 104 valence electrons. The first kappa shape index (κ1) is 14.0. The minimum absolute atomic E-state index is 0.00770. The minimum atomic E-state index is -0.00770. The molecule has 0 aliphatic heterocycles. The number of hydrogen-bond acceptors (Lipinski definition) is 3. The maximum absolute atomic E-state index is 4.46. The average Bonchev–Trinajstić information content (AvgIpc) is 2.67. The second kappa shape index (κ2) is 4.94. The van der Waals surface area contributed by atoms with Crippen molar-refractivity contribution in [1.29, 1.82) is 0 Å². The van der Waals surface area contributed by atoms with E-state index in [1.807, 2.05) is 14.0 Å². The molecule has 0 amide bonds. The fourth-order valence-electron chi connectivity index (χ4n) is 2.82. The molecule has 0 saturated heterocycles. The van der Waals surface area contributed by atoms with Gasteiger partial charge in [0.05, 0.1) is 17.1 Å². The third-order valence-corrected chi connectivity index (χ3v) is 3.78. The second-order valence-electron chi connectivity index (χ2n) is 5.94. The van der Waals surface area contributed by atoms with Gasteiger partial charge in [-0.1, -0.05) is 6.07 Å². The van der Waals surface area contributed by atoms with Crippen molar-refractivity contribution in [1.82, 2.24) is 20.2 Å². The molecule has 1 aromatic heterocycles. The third kappa shape index (κ3) is 2.65. The molecule has 0 spiro atoms. The lowest BCUT2D eigenvalue weighted by Gasteiger charge is -2.39. The Morgan fingerprint density at radius 3 is 2.58 bits per heavy atom. The van der Waals surface area contributed by atoms with E-state index in [2.05, 4.69) is 66.3 Å². The summed E-state index contributed by atoms with van der Waals surface area (Å²) in [5.41, 5.74) is 3.42. The van der Waals surface area contributed by atoms with Gasteiger partial charge in [-0.05, 0) is 59.6 Å². The van der Waals surface area contributed by atoms with E-state index in [1.54, 1.807) is 0 Å². The zero-order valence-electron chi connectivity index (χ0n) is 12.7. The Morgan fingerprint density at radius 2 is 2.00 bits per heavy atom. The molecule has 0 aliphatic rings. The van der Waals surface area contributed by atoms with Crippen molar-refractivity contribution in [2.24, 2.45) is 0 Å². The zero-order chi connectivity index (χ0) is 14.2. The van der Waals surface area contributed by atoms with Crippen molar-refractivity contribution in [3.05, 3.63) is 29.6 Å². The van der Waals surface area contributed by atoms with Crippen LogP contribution in [0.5, 0.6) is 0 Å². The van der Waals surface area contributed by atoms with Gasteiger partial charge in [0.25, 0.3) is 0 Å². The van der Waals surface area contributed by atoms with Crippen LogP contribution in [0.25, 0.3) is 11.0 Å². The first-order chi connectivity index (χ1) is 8.85. The molecule has 0 bridgehead atoms. The Balaban J connectivity index is 2.50. The smallest absolute Gasteiger partial charge is 0.104 e. The zero-order valence-corrected chi connectivity index (χ0v) is 12.7. The van der Waals surface area contributed by atoms with Crippen LogP contribution in [0.4, 0.5) is 0 Å². The minimum Gasteiger partial charge on any atom is -0.342 e. The largest absolute Gasteiger partial charge is 0.342 e. The Kier molecular flexibility index (Phi) is 3.65. The van der Waals surface area contributed by atoms with Gasteiger partial charge in [-0.3, -0.25) is 0 Å². The van der Waals surface area contributed by atoms with Gasteiger partial charge in [-0.2, -0.15) is 0 Å². The van der Waals surface area contributed by atoms with Crippen LogP contribution in [-0.2, 0) is 0 Å². The Bertz CT molecular complexity index is 569. The lowest BCUT2D eigenvalue weighted by atomic mass is 9.87. The number of aromatic nitrogens is 2. The number of imidazole rings is 1. The van der Waals surface area contributed by atoms with Crippen molar-refractivity contribution in [2.75, 3.05) is 21.1 Å². The molecule has 19 heavy (non-hydrogen) atoms. The number of H-pyrrole nitrogens is 1. The summed E-state index contributed by atoms with van der Waals surface area (Å²) in [5, 5.41) is 3.41. The number of nitrogens with one attached hydrogen (secondary N) is 2. The number of rotatable bonds is 4. The molecular weight excluding hydrogens is 236 g/mol. The first-order valence-electron chi connectivity index (χ1n) is 6.67. The van der Waals surface area contributed by atoms with Crippen molar-refractivity contribution in [2.45, 2.75) is 32.4 Å². The normalized spacial score (nSPS) is 14.3. The van der Waals surface area contributed by atoms with Crippen LogP contribution in [0.15, 0.2) is 18.2 Å². The van der Waals surface area contributed by atoms with E-state index in [9.17, 15) is 0 Å². The summed E-state index contributed by atoms with van der Waals surface area (Å²) in [4.78, 5) is 10.0. The van der Waals surface area contributed by atoms with E-state index in [-0.39, 0.29) is 5.54 Å². The molecule has 0 saturated carbocycles. The van der Waals surface area contributed by atoms with Crippen molar-refractivity contribution in [3.63, 3.8) is 0 Å². The van der Waals surface area contributed by atoms with Crippen LogP contribution >= 0.6 is 0 Å². The number of fused-ring (bicyclic) bond motifs is 1. The van der Waals surface area contributed by atoms with Gasteiger partial charge in [0, 0.05) is 5.54 Å². The number of aromatic amines is 1. The molecule has 2 aromatic rings. The van der Waals surface area contributed by atoms with E-state index in [4.69, 9.17) is 0 Å². The van der Waals surface area contributed by atoms with Gasteiger partial charge in [-0.15, -0.1) is 0 Å². The van der Waals surface area contributed by atoms with Crippen LogP contribution in [0, 0.1) is 6.92 Å². The SMILES string of the molecule is CNC(C)(C)C(c1ccc2nc(C)[nH]c2c1)N(C)C. The first-order valence-corrected chi connectivity index (χ1v) is 6.67. The predicted octanol–water partition coefficient (Wildman–Crippen LogP) is 2.47. The Labute approximate surface area is 115 Å². The highest BCUT2D eigenvalue weighted by atomic mass is 15.2. The van der Waals surface area contributed by atoms with Gasteiger partial charge in [0.1, 0.15) is 5.82 Å². The molecule has 4 nitrogen and oxygen atoms in total. The van der Waals surface area contributed by atoms with Gasteiger partial charge < -0.3 is 15.2 Å². The van der Waals surface area contributed by atoms with Gasteiger partial charge in [-0.25, -0.2) is 4.98 Å². The van der Waals surface area contributed by atoms with Gasteiger partial charge >= 0.3 is 0 Å². The molecule has 1 aromatic carbocycles. The molecule has 2 rings (SSSR count). The van der Waals surface area contributed by atoms with E-state index >= 15 is 0 Å². The molecule has 0 fully saturated rings. The second-order valence-corrected chi connectivity index (χ2v) is 5.94. The van der Waals surface area contributed by atoms with Crippen molar-refractivity contribution >= 4 is 11.0 Å². The molecule has 2 N–H and O–H groups in total. The summed E-state index contributed by atoms with van der Waals surface area (Å²) in [6.07, 6.45) is 0. The summed E-state index contributed by atoms with van der Waals surface area (Å²) in [7, 11) is 6.24. The van der Waals surface area contributed by atoms with Crippen molar-refractivity contribution < 1.29 is 0 Å². The molecule has 0 radical (unpaired) electrons. The van der Waals surface area contributed by atoms with Crippen LogP contribution in [0.2, 0.25) is 0 Å². The highest BCUT2D eigenvalue weighted by Crippen LogP contribution is 2.31. The summed E-state index contributed by atoms with van der Waals surface area (Å²) in [6.45, 7) is 6.43. The molecule has 0 aliphatic carbocycles. The predicted molar refractivity (Wildman–Crippen MR) is 80.4 cm³/mol. The molecular formula is C15H24N4. The third-order valence-electron chi connectivity index (χ3n) is 3.78. The lowest BCUT2D eigenvalue weighted by Crippen LogP contribution is -2.48. The van der Waals surface area contributed by atoms with Gasteiger partial charge in [0.2, 0.25) is 0 Å². The van der Waals surface area contributed by atoms with E-state index in [1.165, 1.54) is 5.56 Å². The van der Waals surface area contributed by atoms with Crippen molar-refractivity contribution in [3.8, 4) is 0 Å². The van der Waals surface area contributed by atoms with Crippen LogP contribution in [0.1, 0.15) is 31.3 Å². The number of hydrogen-bond donors (Lipinski definition) is 2. The highest BCUT2D eigenvalue weighted by molar-refractivity contribution is 5.76. The summed E-state index contributed by atoms with van der Waals surface area (Å²) < 4.78 is 0. The van der Waals surface area contributed by atoms with Crippen LogP contribution < -0.4 is 5.32 Å². The maximum atomic E-state index is 4.46. The Hall–Kier alpha value is -1.39. The van der Waals surface area contributed by atoms with Crippen LogP contribution in [-0.4, -0.2) is 41.5 Å². The number of nitrogens with zero attached hydrogens (tertiary/aromatic N) is 2. The van der Waals surface area contributed by atoms with Gasteiger partial charge in [0.15, 0.2) is 0 Å². The topological polar surface area (TPSA) is 44.0 Å². The lowest BCUT2D eigenvalue weighted by molar-refractivity contribution is 0.177. The standard InChI is InChI=1S/C15H24N4/c1-10-17-12-8-7-11(9-13(12)18-10)14(19(5)6)15(2,3)16-4/h7-9,14,16H,1-6H3,(H,17,18). The number of likely N-dealkylation sites (N-methyl/N-ethyl adjacent to an activating group) is 2. The fourth-order valence-corrected chi connectivity index (χ4v) is 2.82. The summed E-state index contributed by atoms with van der Waals surface area (Å²) in [6, 6.07) is 6.77. The summed E-state index contributed by atoms with van der Waals surface area (Å²) in [5.74, 6) is 0.960.